The van der Waals surface area contributed by atoms with Crippen LogP contribution in [0.4, 0.5) is 4.79 Å². The summed E-state index contributed by atoms with van der Waals surface area (Å²) in [5.74, 6) is 0.00760. The summed E-state index contributed by atoms with van der Waals surface area (Å²) >= 11 is 0. The first kappa shape index (κ1) is 12.8. The number of piperidine rings is 1. The molecule has 1 fully saturated rings. The van der Waals surface area contributed by atoms with Crippen molar-refractivity contribution >= 4 is 11.9 Å². The first-order chi connectivity index (χ1) is 7.41. The minimum atomic E-state index is -0.716. The minimum Gasteiger partial charge on any atom is -0.391 e. The van der Waals surface area contributed by atoms with E-state index in [2.05, 4.69) is 5.32 Å². The molecule has 3 unspecified atom stereocenters. The van der Waals surface area contributed by atoms with Crippen LogP contribution in [0.15, 0.2) is 0 Å². The number of amides is 3. The molecule has 0 spiro atoms. The first-order valence-corrected chi connectivity index (χ1v) is 5.44. The highest BCUT2D eigenvalue weighted by molar-refractivity contribution is 5.86. The number of likely N-dealkylation sites (tertiary alicyclic amines) is 1. The maximum atomic E-state index is 11.8. The highest BCUT2D eigenvalue weighted by Gasteiger charge is 2.29. The maximum absolute atomic E-state index is 11.8. The van der Waals surface area contributed by atoms with Gasteiger partial charge in [-0.15, -0.1) is 0 Å². The second-order valence-corrected chi connectivity index (χ2v) is 4.35. The molecule has 6 heteroatoms. The Morgan fingerprint density at radius 2 is 2.19 bits per heavy atom. The topological polar surface area (TPSA) is 95.7 Å². The van der Waals surface area contributed by atoms with Crippen LogP contribution in [0, 0.1) is 5.92 Å². The molecule has 3 atom stereocenters. The van der Waals surface area contributed by atoms with E-state index in [9.17, 15) is 14.7 Å². The number of nitrogens with zero attached hydrogens (tertiary/aromatic N) is 1. The van der Waals surface area contributed by atoms with Gasteiger partial charge >= 0.3 is 6.03 Å². The Morgan fingerprint density at radius 3 is 2.69 bits per heavy atom. The van der Waals surface area contributed by atoms with E-state index in [4.69, 9.17) is 5.73 Å². The van der Waals surface area contributed by atoms with Crippen LogP contribution < -0.4 is 11.1 Å². The lowest BCUT2D eigenvalue weighted by atomic mass is 9.96. The summed E-state index contributed by atoms with van der Waals surface area (Å²) in [5, 5.41) is 12.0. The summed E-state index contributed by atoms with van der Waals surface area (Å²) in [4.78, 5) is 24.0. The van der Waals surface area contributed by atoms with Gasteiger partial charge < -0.3 is 21.1 Å². The number of aliphatic hydroxyl groups is 1. The van der Waals surface area contributed by atoms with E-state index in [-0.39, 0.29) is 11.8 Å². The molecule has 0 aromatic heterocycles. The molecule has 1 heterocycles. The Labute approximate surface area is 94.8 Å². The number of nitrogens with one attached hydrogen (secondary N) is 1. The average molecular weight is 229 g/mol. The third kappa shape index (κ3) is 3.10. The van der Waals surface area contributed by atoms with Gasteiger partial charge in [-0.25, -0.2) is 4.79 Å². The lowest BCUT2D eigenvalue weighted by Gasteiger charge is -2.35. The number of carbonyl (C=O) groups is 2. The monoisotopic (exact) mass is 229 g/mol. The molecule has 0 aromatic rings. The molecule has 0 radical (unpaired) electrons. The molecule has 1 aliphatic heterocycles. The zero-order valence-electron chi connectivity index (χ0n) is 9.64. The van der Waals surface area contributed by atoms with Gasteiger partial charge in [0.25, 0.3) is 0 Å². The van der Waals surface area contributed by atoms with Crippen LogP contribution in [-0.4, -0.2) is 47.2 Å². The second kappa shape index (κ2) is 5.16. The van der Waals surface area contributed by atoms with Crippen LogP contribution in [0.1, 0.15) is 20.3 Å². The first-order valence-electron chi connectivity index (χ1n) is 5.44. The van der Waals surface area contributed by atoms with E-state index >= 15 is 0 Å². The van der Waals surface area contributed by atoms with Gasteiger partial charge in [0.05, 0.1) is 6.10 Å². The summed E-state index contributed by atoms with van der Waals surface area (Å²) in [5.41, 5.74) is 4.94. The fraction of sp³-hybridized carbons (Fsp3) is 0.800. The Balaban J connectivity index is 2.51. The second-order valence-electron chi connectivity index (χ2n) is 4.35. The van der Waals surface area contributed by atoms with Crippen LogP contribution in [0.2, 0.25) is 0 Å². The number of primary amides is 1. The quantitative estimate of drug-likeness (QED) is 0.582. The van der Waals surface area contributed by atoms with Crippen molar-refractivity contribution in [2.24, 2.45) is 11.7 Å². The summed E-state index contributed by atoms with van der Waals surface area (Å²) < 4.78 is 0. The van der Waals surface area contributed by atoms with Gasteiger partial charge in [-0.2, -0.15) is 0 Å². The van der Waals surface area contributed by atoms with E-state index in [1.807, 2.05) is 6.92 Å². The molecule has 1 aliphatic rings. The van der Waals surface area contributed by atoms with Crippen molar-refractivity contribution in [3.05, 3.63) is 0 Å². The number of aliphatic hydroxyl groups excluding tert-OH is 1. The van der Waals surface area contributed by atoms with Gasteiger partial charge in [0.2, 0.25) is 5.91 Å². The molecule has 6 nitrogen and oxygen atoms in total. The smallest absolute Gasteiger partial charge is 0.312 e. The van der Waals surface area contributed by atoms with Crippen LogP contribution in [0.3, 0.4) is 0 Å². The lowest BCUT2D eigenvalue weighted by molar-refractivity contribution is -0.137. The minimum absolute atomic E-state index is 0.204. The molecular formula is C10H19N3O3. The normalized spacial score (nSPS) is 27.3. The molecule has 92 valence electrons. The number of urea groups is 1. The lowest BCUT2D eigenvalue weighted by Crippen LogP contribution is -2.53. The van der Waals surface area contributed by atoms with Crippen molar-refractivity contribution < 1.29 is 14.7 Å². The number of hydrogen-bond donors (Lipinski definition) is 3. The predicted octanol–water partition coefficient (Wildman–Crippen LogP) is -0.727. The van der Waals surface area contributed by atoms with Gasteiger partial charge in [0, 0.05) is 13.1 Å². The number of β-amino-alcohol motifs (C(OH)–C–C–N with tert-alkyl or cyclic N) is 1. The molecule has 0 saturated carbocycles. The fourth-order valence-electron chi connectivity index (χ4n) is 1.80. The van der Waals surface area contributed by atoms with Gasteiger partial charge in [0.1, 0.15) is 6.04 Å². The highest BCUT2D eigenvalue weighted by Crippen LogP contribution is 2.17. The van der Waals surface area contributed by atoms with Crippen molar-refractivity contribution in [1.82, 2.24) is 10.2 Å². The van der Waals surface area contributed by atoms with E-state index in [1.54, 1.807) is 11.8 Å². The predicted molar refractivity (Wildman–Crippen MR) is 58.5 cm³/mol. The number of hydrogen-bond acceptors (Lipinski definition) is 3. The summed E-state index contributed by atoms with van der Waals surface area (Å²) in [6, 6.07) is -1.36. The summed E-state index contributed by atoms with van der Waals surface area (Å²) in [6.07, 6.45) is 0.286. The molecule has 0 bridgehead atoms. The Hall–Kier alpha value is -1.30. The van der Waals surface area contributed by atoms with Crippen molar-refractivity contribution in [2.75, 3.05) is 13.1 Å². The average Bonchev–Trinajstić information content (AvgIpc) is 2.20. The van der Waals surface area contributed by atoms with Crippen molar-refractivity contribution in [2.45, 2.75) is 32.4 Å². The molecular weight excluding hydrogens is 210 g/mol. The Morgan fingerprint density at radius 1 is 1.56 bits per heavy atom. The van der Waals surface area contributed by atoms with E-state index in [0.29, 0.717) is 13.1 Å². The van der Waals surface area contributed by atoms with Crippen LogP contribution in [0.5, 0.6) is 0 Å². The van der Waals surface area contributed by atoms with E-state index < -0.39 is 18.2 Å². The SMILES string of the molecule is CC(NC(N)=O)C(=O)N1CCC(C)C(O)C1. The third-order valence-corrected chi connectivity index (χ3v) is 2.96. The zero-order valence-corrected chi connectivity index (χ0v) is 9.64. The fourth-order valence-corrected chi connectivity index (χ4v) is 1.80. The zero-order chi connectivity index (χ0) is 12.3. The van der Waals surface area contributed by atoms with Crippen molar-refractivity contribution in [1.29, 1.82) is 0 Å². The summed E-state index contributed by atoms with van der Waals surface area (Å²) in [6.45, 7) is 4.47. The molecule has 3 amide bonds. The molecule has 0 aromatic carbocycles. The van der Waals surface area contributed by atoms with Crippen LogP contribution >= 0.6 is 0 Å². The molecule has 1 rings (SSSR count). The number of carbonyl (C=O) groups excluding carboxylic acids is 2. The molecule has 0 aliphatic carbocycles. The van der Waals surface area contributed by atoms with E-state index in [0.717, 1.165) is 6.42 Å². The Bertz CT molecular complexity index is 282. The summed E-state index contributed by atoms with van der Waals surface area (Å²) in [7, 11) is 0. The number of nitrogens with two attached hydrogens (primary N) is 1. The molecule has 4 N–H and O–H groups in total. The van der Waals surface area contributed by atoms with Gasteiger partial charge in [-0.05, 0) is 19.3 Å². The van der Waals surface area contributed by atoms with Crippen molar-refractivity contribution in [3.63, 3.8) is 0 Å². The van der Waals surface area contributed by atoms with Gasteiger partial charge in [-0.1, -0.05) is 6.92 Å². The van der Waals surface area contributed by atoms with Crippen LogP contribution in [0.25, 0.3) is 0 Å². The Kier molecular flexibility index (Phi) is 4.12. The van der Waals surface area contributed by atoms with Crippen LogP contribution in [-0.2, 0) is 4.79 Å². The number of rotatable bonds is 2. The largest absolute Gasteiger partial charge is 0.391 e. The van der Waals surface area contributed by atoms with Gasteiger partial charge in [-0.3, -0.25) is 4.79 Å². The van der Waals surface area contributed by atoms with Gasteiger partial charge in [0.15, 0.2) is 0 Å². The molecule has 1 saturated heterocycles. The molecule has 16 heavy (non-hydrogen) atoms. The maximum Gasteiger partial charge on any atom is 0.312 e. The third-order valence-electron chi connectivity index (χ3n) is 2.96. The highest BCUT2D eigenvalue weighted by atomic mass is 16.3. The van der Waals surface area contributed by atoms with E-state index in [1.165, 1.54) is 0 Å². The standard InChI is InChI=1S/C10H19N3O3/c1-6-3-4-13(5-8(6)14)9(15)7(2)12-10(11)16/h6-8,14H,3-5H2,1-2H3,(H3,11,12,16). The van der Waals surface area contributed by atoms with Crippen molar-refractivity contribution in [3.8, 4) is 0 Å².